The lowest BCUT2D eigenvalue weighted by molar-refractivity contribution is -0.137. The third-order valence-electron chi connectivity index (χ3n) is 3.75. The van der Waals surface area contributed by atoms with Gasteiger partial charge in [-0.25, -0.2) is 0 Å². The number of hydrogen-bond acceptors (Lipinski definition) is 3. The van der Waals surface area contributed by atoms with Crippen molar-refractivity contribution in [1.82, 2.24) is 4.90 Å². The van der Waals surface area contributed by atoms with E-state index in [1.54, 1.807) is 7.11 Å². The van der Waals surface area contributed by atoms with Crippen LogP contribution in [0.3, 0.4) is 0 Å². The van der Waals surface area contributed by atoms with Gasteiger partial charge in [0.05, 0.1) is 6.10 Å². The van der Waals surface area contributed by atoms with Gasteiger partial charge in [0.15, 0.2) is 0 Å². The summed E-state index contributed by atoms with van der Waals surface area (Å²) in [5.41, 5.74) is 5.75. The van der Waals surface area contributed by atoms with E-state index in [4.69, 9.17) is 10.5 Å². The number of ether oxygens (including phenoxy) is 1. The highest BCUT2D eigenvalue weighted by atomic mass is 16.5. The molecule has 2 unspecified atom stereocenters. The van der Waals surface area contributed by atoms with E-state index in [0.29, 0.717) is 18.4 Å². The minimum absolute atomic E-state index is 0.185. The summed E-state index contributed by atoms with van der Waals surface area (Å²) in [4.78, 5) is 14.0. The number of likely N-dealkylation sites (tertiary alicyclic amines) is 1. The number of piperidine rings is 1. The number of methoxy groups -OCH3 is 1. The molecule has 1 saturated carbocycles. The Kier molecular flexibility index (Phi) is 3.82. The molecular weight excluding hydrogens is 204 g/mol. The Hall–Kier alpha value is -0.610. The minimum Gasteiger partial charge on any atom is -0.381 e. The second-order valence-corrected chi connectivity index (χ2v) is 5.01. The zero-order chi connectivity index (χ0) is 11.5. The Balaban J connectivity index is 1.89. The van der Waals surface area contributed by atoms with Crippen molar-refractivity contribution in [3.05, 3.63) is 0 Å². The lowest BCUT2D eigenvalue weighted by atomic mass is 9.98. The van der Waals surface area contributed by atoms with Gasteiger partial charge in [0.2, 0.25) is 5.91 Å². The number of nitrogens with zero attached hydrogens (tertiary/aromatic N) is 1. The normalized spacial score (nSPS) is 30.5. The molecule has 0 bridgehead atoms. The molecule has 2 N–H and O–H groups in total. The second-order valence-electron chi connectivity index (χ2n) is 5.01. The summed E-state index contributed by atoms with van der Waals surface area (Å²) in [6.07, 6.45) is 5.31. The largest absolute Gasteiger partial charge is 0.381 e. The molecule has 0 aromatic carbocycles. The van der Waals surface area contributed by atoms with Crippen molar-refractivity contribution in [2.75, 3.05) is 20.2 Å². The van der Waals surface area contributed by atoms with E-state index in [2.05, 4.69) is 0 Å². The quantitative estimate of drug-likeness (QED) is 0.769. The number of rotatable bonds is 4. The van der Waals surface area contributed by atoms with Crippen molar-refractivity contribution in [2.24, 2.45) is 11.7 Å². The molecule has 0 radical (unpaired) electrons. The SMILES string of the molecule is COC1CCN(C(=O)CC2CC2)C(CN)C1. The Morgan fingerprint density at radius 1 is 1.44 bits per heavy atom. The van der Waals surface area contributed by atoms with E-state index in [1.807, 2.05) is 4.90 Å². The number of carbonyl (C=O) groups is 1. The molecule has 1 saturated heterocycles. The molecule has 2 fully saturated rings. The van der Waals surface area contributed by atoms with Crippen molar-refractivity contribution >= 4 is 5.91 Å². The molecule has 0 aromatic rings. The van der Waals surface area contributed by atoms with Crippen LogP contribution < -0.4 is 5.73 Å². The van der Waals surface area contributed by atoms with Crippen molar-refractivity contribution in [2.45, 2.75) is 44.2 Å². The van der Waals surface area contributed by atoms with Crippen LogP contribution >= 0.6 is 0 Å². The Morgan fingerprint density at radius 3 is 2.75 bits per heavy atom. The minimum atomic E-state index is 0.185. The molecule has 2 atom stereocenters. The first kappa shape index (κ1) is 11.9. The summed E-state index contributed by atoms with van der Waals surface area (Å²) >= 11 is 0. The van der Waals surface area contributed by atoms with Crippen LogP contribution in [0.5, 0.6) is 0 Å². The number of nitrogens with two attached hydrogens (primary N) is 1. The van der Waals surface area contributed by atoms with Crippen molar-refractivity contribution in [3.63, 3.8) is 0 Å². The summed E-state index contributed by atoms with van der Waals surface area (Å²) < 4.78 is 5.35. The van der Waals surface area contributed by atoms with Gasteiger partial charge < -0.3 is 15.4 Å². The maximum Gasteiger partial charge on any atom is 0.223 e. The molecule has 16 heavy (non-hydrogen) atoms. The highest BCUT2D eigenvalue weighted by Crippen LogP contribution is 2.33. The van der Waals surface area contributed by atoms with Gasteiger partial charge in [0, 0.05) is 32.7 Å². The molecule has 2 rings (SSSR count). The fraction of sp³-hybridized carbons (Fsp3) is 0.917. The highest BCUT2D eigenvalue weighted by Gasteiger charge is 2.33. The molecule has 1 aliphatic heterocycles. The van der Waals surface area contributed by atoms with Crippen LogP contribution in [-0.4, -0.2) is 43.2 Å². The van der Waals surface area contributed by atoms with Gasteiger partial charge in [0.1, 0.15) is 0 Å². The third kappa shape index (κ3) is 2.74. The topological polar surface area (TPSA) is 55.6 Å². The maximum atomic E-state index is 12.0. The lowest BCUT2D eigenvalue weighted by Crippen LogP contribution is -2.51. The monoisotopic (exact) mass is 226 g/mol. The fourth-order valence-electron chi connectivity index (χ4n) is 2.47. The number of carbonyl (C=O) groups excluding carboxylic acids is 1. The van der Waals surface area contributed by atoms with E-state index in [1.165, 1.54) is 12.8 Å². The molecule has 1 aliphatic carbocycles. The van der Waals surface area contributed by atoms with Crippen LogP contribution in [0.1, 0.15) is 32.1 Å². The average Bonchev–Trinajstić information content (AvgIpc) is 3.11. The van der Waals surface area contributed by atoms with Gasteiger partial charge in [0.25, 0.3) is 0 Å². The smallest absolute Gasteiger partial charge is 0.223 e. The Morgan fingerprint density at radius 2 is 2.19 bits per heavy atom. The molecule has 92 valence electrons. The summed E-state index contributed by atoms with van der Waals surface area (Å²) in [5.74, 6) is 0.957. The zero-order valence-corrected chi connectivity index (χ0v) is 10.0. The average molecular weight is 226 g/mol. The third-order valence-corrected chi connectivity index (χ3v) is 3.75. The summed E-state index contributed by atoms with van der Waals surface area (Å²) in [6, 6.07) is 0.185. The van der Waals surface area contributed by atoms with Gasteiger partial charge in [-0.05, 0) is 31.6 Å². The first-order valence-electron chi connectivity index (χ1n) is 6.27. The van der Waals surface area contributed by atoms with Crippen molar-refractivity contribution < 1.29 is 9.53 Å². The Labute approximate surface area is 97.1 Å². The zero-order valence-electron chi connectivity index (χ0n) is 10.0. The van der Waals surface area contributed by atoms with Gasteiger partial charge in [-0.1, -0.05) is 0 Å². The summed E-state index contributed by atoms with van der Waals surface area (Å²) in [6.45, 7) is 1.36. The van der Waals surface area contributed by atoms with Crippen LogP contribution in [0.4, 0.5) is 0 Å². The van der Waals surface area contributed by atoms with Gasteiger partial charge >= 0.3 is 0 Å². The first-order valence-corrected chi connectivity index (χ1v) is 6.27. The standard InChI is InChI=1S/C12H22N2O2/c1-16-11-4-5-14(10(7-11)8-13)12(15)6-9-2-3-9/h9-11H,2-8,13H2,1H3. The van der Waals surface area contributed by atoms with Crippen molar-refractivity contribution in [1.29, 1.82) is 0 Å². The first-order chi connectivity index (χ1) is 7.74. The molecule has 1 heterocycles. The molecule has 0 aromatic heterocycles. The second kappa shape index (κ2) is 5.15. The Bertz CT molecular complexity index is 253. The maximum absolute atomic E-state index is 12.0. The lowest BCUT2D eigenvalue weighted by Gasteiger charge is -2.38. The molecule has 0 spiro atoms. The van der Waals surface area contributed by atoms with E-state index >= 15 is 0 Å². The van der Waals surface area contributed by atoms with Crippen LogP contribution in [0.15, 0.2) is 0 Å². The van der Waals surface area contributed by atoms with Crippen LogP contribution in [0.2, 0.25) is 0 Å². The predicted octanol–water partition coefficient (Wildman–Crippen LogP) is 0.751. The summed E-state index contributed by atoms with van der Waals surface area (Å²) in [5, 5.41) is 0. The molecule has 4 heteroatoms. The van der Waals surface area contributed by atoms with Gasteiger partial charge in [-0.2, -0.15) is 0 Å². The van der Waals surface area contributed by atoms with Crippen molar-refractivity contribution in [3.8, 4) is 0 Å². The van der Waals surface area contributed by atoms with Crippen LogP contribution in [0, 0.1) is 5.92 Å². The number of hydrogen-bond donors (Lipinski definition) is 1. The predicted molar refractivity (Wildman–Crippen MR) is 61.9 cm³/mol. The number of amides is 1. The molecule has 4 nitrogen and oxygen atoms in total. The molecule has 1 amide bonds. The molecule has 2 aliphatic rings. The van der Waals surface area contributed by atoms with Crippen LogP contribution in [0.25, 0.3) is 0 Å². The highest BCUT2D eigenvalue weighted by molar-refractivity contribution is 5.77. The molecular formula is C12H22N2O2. The van der Waals surface area contributed by atoms with E-state index < -0.39 is 0 Å². The fourth-order valence-corrected chi connectivity index (χ4v) is 2.47. The van der Waals surface area contributed by atoms with E-state index in [-0.39, 0.29) is 12.1 Å². The van der Waals surface area contributed by atoms with Crippen LogP contribution in [-0.2, 0) is 9.53 Å². The summed E-state index contributed by atoms with van der Waals surface area (Å²) in [7, 11) is 1.74. The van der Waals surface area contributed by atoms with Gasteiger partial charge in [-0.3, -0.25) is 4.79 Å². The van der Waals surface area contributed by atoms with Gasteiger partial charge in [-0.15, -0.1) is 0 Å². The van der Waals surface area contributed by atoms with E-state index in [0.717, 1.165) is 25.8 Å². The van der Waals surface area contributed by atoms with E-state index in [9.17, 15) is 4.79 Å².